The molecule has 0 aliphatic carbocycles. The van der Waals surface area contributed by atoms with Gasteiger partial charge in [-0.3, -0.25) is 0 Å². The number of aromatic nitrogens is 1. The Kier molecular flexibility index (Phi) is 6.63. The molecule has 1 aromatic heterocycles. The first kappa shape index (κ1) is 16.4. The maximum absolute atomic E-state index is 14.1. The van der Waals surface area contributed by atoms with Crippen molar-refractivity contribution in [1.82, 2.24) is 10.3 Å². The molecule has 0 amide bonds. The standard InChI is InChI=1S/C15H16BrFN2OS/c1-20-8-7-18-10-11-4-5-14(13(17)9-11)21-15-12(16)3-2-6-19-15/h2-6,9,18H,7-8,10H2,1H3. The molecule has 0 unspecified atom stereocenters. The van der Waals surface area contributed by atoms with Crippen molar-refractivity contribution in [1.29, 1.82) is 0 Å². The molecule has 1 heterocycles. The molecule has 0 fully saturated rings. The van der Waals surface area contributed by atoms with E-state index in [0.29, 0.717) is 18.0 Å². The van der Waals surface area contributed by atoms with Crippen LogP contribution in [0.5, 0.6) is 0 Å². The maximum Gasteiger partial charge on any atom is 0.137 e. The summed E-state index contributed by atoms with van der Waals surface area (Å²) < 4.78 is 19.9. The average Bonchev–Trinajstić information content (AvgIpc) is 2.48. The van der Waals surface area contributed by atoms with E-state index >= 15 is 0 Å². The minimum absolute atomic E-state index is 0.233. The highest BCUT2D eigenvalue weighted by Gasteiger charge is 2.08. The highest BCUT2D eigenvalue weighted by atomic mass is 79.9. The lowest BCUT2D eigenvalue weighted by Gasteiger charge is -2.08. The number of halogens is 2. The van der Waals surface area contributed by atoms with E-state index in [4.69, 9.17) is 4.74 Å². The highest BCUT2D eigenvalue weighted by Crippen LogP contribution is 2.33. The number of nitrogens with one attached hydrogen (secondary N) is 1. The first-order valence-electron chi connectivity index (χ1n) is 6.47. The van der Waals surface area contributed by atoms with Gasteiger partial charge in [-0.15, -0.1) is 0 Å². The van der Waals surface area contributed by atoms with Gasteiger partial charge in [0.25, 0.3) is 0 Å². The van der Waals surface area contributed by atoms with Crippen LogP contribution in [0.15, 0.2) is 50.9 Å². The van der Waals surface area contributed by atoms with Crippen LogP contribution in [0.25, 0.3) is 0 Å². The van der Waals surface area contributed by atoms with Crippen molar-refractivity contribution < 1.29 is 9.13 Å². The van der Waals surface area contributed by atoms with Gasteiger partial charge in [0, 0.05) is 31.3 Å². The van der Waals surface area contributed by atoms with E-state index in [9.17, 15) is 4.39 Å². The summed E-state index contributed by atoms with van der Waals surface area (Å²) >= 11 is 4.72. The third kappa shape index (κ3) is 5.07. The molecule has 21 heavy (non-hydrogen) atoms. The highest BCUT2D eigenvalue weighted by molar-refractivity contribution is 9.10. The molecule has 0 saturated heterocycles. The molecule has 2 aromatic rings. The molecule has 0 aliphatic rings. The maximum atomic E-state index is 14.1. The fourth-order valence-electron chi connectivity index (χ4n) is 1.69. The van der Waals surface area contributed by atoms with Crippen LogP contribution in [0.2, 0.25) is 0 Å². The Morgan fingerprint density at radius 1 is 1.38 bits per heavy atom. The molecule has 1 aromatic carbocycles. The summed E-state index contributed by atoms with van der Waals surface area (Å²) in [6.07, 6.45) is 1.69. The van der Waals surface area contributed by atoms with E-state index in [1.54, 1.807) is 25.4 Å². The molecule has 6 heteroatoms. The SMILES string of the molecule is COCCNCc1ccc(Sc2ncccc2Br)c(F)c1. The summed E-state index contributed by atoms with van der Waals surface area (Å²) in [7, 11) is 1.66. The Morgan fingerprint density at radius 3 is 2.95 bits per heavy atom. The molecule has 0 bridgehead atoms. The predicted octanol–water partition coefficient (Wildman–Crippen LogP) is 3.87. The van der Waals surface area contributed by atoms with Crippen LogP contribution in [-0.4, -0.2) is 25.2 Å². The Hall–Kier alpha value is -0.950. The molecule has 3 nitrogen and oxygen atoms in total. The Morgan fingerprint density at radius 2 is 2.24 bits per heavy atom. The van der Waals surface area contributed by atoms with Gasteiger partial charge in [-0.1, -0.05) is 17.8 Å². The van der Waals surface area contributed by atoms with E-state index in [-0.39, 0.29) is 5.82 Å². The number of methoxy groups -OCH3 is 1. The van der Waals surface area contributed by atoms with Crippen LogP contribution >= 0.6 is 27.7 Å². The van der Waals surface area contributed by atoms with Crippen molar-refractivity contribution in [2.75, 3.05) is 20.3 Å². The zero-order chi connectivity index (χ0) is 15.1. The first-order valence-corrected chi connectivity index (χ1v) is 8.08. The summed E-state index contributed by atoms with van der Waals surface area (Å²) in [5.41, 5.74) is 0.910. The summed E-state index contributed by atoms with van der Waals surface area (Å²) in [5.74, 6) is -0.233. The summed E-state index contributed by atoms with van der Waals surface area (Å²) in [6, 6.07) is 8.98. The smallest absolute Gasteiger partial charge is 0.137 e. The van der Waals surface area contributed by atoms with Gasteiger partial charge in [-0.25, -0.2) is 9.37 Å². The normalized spacial score (nSPS) is 10.8. The average molecular weight is 371 g/mol. The Balaban J connectivity index is 2.01. The number of rotatable bonds is 7. The van der Waals surface area contributed by atoms with Gasteiger partial charge in [-0.2, -0.15) is 0 Å². The second-order valence-corrected chi connectivity index (χ2v) is 6.21. The monoisotopic (exact) mass is 370 g/mol. The van der Waals surface area contributed by atoms with Crippen LogP contribution in [-0.2, 0) is 11.3 Å². The van der Waals surface area contributed by atoms with Crippen molar-refractivity contribution in [2.45, 2.75) is 16.5 Å². The minimum Gasteiger partial charge on any atom is -0.383 e. The van der Waals surface area contributed by atoms with Crippen LogP contribution in [0, 0.1) is 5.82 Å². The molecule has 0 radical (unpaired) electrons. The largest absolute Gasteiger partial charge is 0.383 e. The number of ether oxygens (including phenoxy) is 1. The topological polar surface area (TPSA) is 34.1 Å². The number of hydrogen-bond acceptors (Lipinski definition) is 4. The first-order chi connectivity index (χ1) is 10.2. The number of benzene rings is 1. The van der Waals surface area contributed by atoms with Gasteiger partial charge in [0.15, 0.2) is 0 Å². The molecule has 0 aliphatic heterocycles. The van der Waals surface area contributed by atoms with E-state index in [2.05, 4.69) is 26.2 Å². The predicted molar refractivity (Wildman–Crippen MR) is 86.0 cm³/mol. The van der Waals surface area contributed by atoms with Crippen LogP contribution < -0.4 is 5.32 Å². The van der Waals surface area contributed by atoms with Gasteiger partial charge in [-0.05, 0) is 45.8 Å². The molecular formula is C15H16BrFN2OS. The van der Waals surface area contributed by atoms with Gasteiger partial charge in [0.1, 0.15) is 10.8 Å². The van der Waals surface area contributed by atoms with E-state index in [1.807, 2.05) is 18.2 Å². The van der Waals surface area contributed by atoms with E-state index in [1.165, 1.54) is 11.8 Å². The zero-order valence-electron chi connectivity index (χ0n) is 11.6. The summed E-state index contributed by atoms with van der Waals surface area (Å²) in [4.78, 5) is 4.80. The lowest BCUT2D eigenvalue weighted by atomic mass is 10.2. The molecule has 0 atom stereocenters. The van der Waals surface area contributed by atoms with E-state index < -0.39 is 0 Å². The lowest BCUT2D eigenvalue weighted by molar-refractivity contribution is 0.199. The molecule has 0 saturated carbocycles. The van der Waals surface area contributed by atoms with Crippen molar-refractivity contribution in [3.05, 3.63) is 52.4 Å². The number of hydrogen-bond donors (Lipinski definition) is 1. The lowest BCUT2D eigenvalue weighted by Crippen LogP contribution is -2.18. The summed E-state index contributed by atoms with van der Waals surface area (Å²) in [6.45, 7) is 2.01. The second-order valence-electron chi connectivity index (χ2n) is 4.33. The van der Waals surface area contributed by atoms with Gasteiger partial charge < -0.3 is 10.1 Å². The fourth-order valence-corrected chi connectivity index (χ4v) is 2.97. The minimum atomic E-state index is -0.233. The number of nitrogens with zero attached hydrogens (tertiary/aromatic N) is 1. The molecular weight excluding hydrogens is 355 g/mol. The van der Waals surface area contributed by atoms with Crippen LogP contribution in [0.4, 0.5) is 4.39 Å². The molecule has 112 valence electrons. The van der Waals surface area contributed by atoms with Crippen LogP contribution in [0.1, 0.15) is 5.56 Å². The molecule has 1 N–H and O–H groups in total. The van der Waals surface area contributed by atoms with Gasteiger partial charge >= 0.3 is 0 Å². The third-order valence-electron chi connectivity index (χ3n) is 2.74. The molecule has 2 rings (SSSR count). The van der Waals surface area contributed by atoms with Gasteiger partial charge in [0.05, 0.1) is 11.1 Å². The zero-order valence-corrected chi connectivity index (χ0v) is 14.0. The number of pyridine rings is 1. The summed E-state index contributed by atoms with van der Waals surface area (Å²) in [5, 5.41) is 3.94. The Labute approximate surface area is 136 Å². The second kappa shape index (κ2) is 8.48. The van der Waals surface area contributed by atoms with Crippen molar-refractivity contribution in [3.8, 4) is 0 Å². The fraction of sp³-hybridized carbons (Fsp3) is 0.267. The third-order valence-corrected chi connectivity index (χ3v) is 4.71. The van der Waals surface area contributed by atoms with Gasteiger partial charge in [0.2, 0.25) is 0 Å². The van der Waals surface area contributed by atoms with E-state index in [0.717, 1.165) is 21.6 Å². The quantitative estimate of drug-likeness (QED) is 0.750. The van der Waals surface area contributed by atoms with Crippen molar-refractivity contribution in [2.24, 2.45) is 0 Å². The van der Waals surface area contributed by atoms with Crippen molar-refractivity contribution >= 4 is 27.7 Å². The molecule has 0 spiro atoms. The Bertz CT molecular complexity index is 598. The van der Waals surface area contributed by atoms with Crippen molar-refractivity contribution in [3.63, 3.8) is 0 Å². The van der Waals surface area contributed by atoms with Crippen LogP contribution in [0.3, 0.4) is 0 Å².